The van der Waals surface area contributed by atoms with Crippen molar-refractivity contribution in [1.82, 2.24) is 9.97 Å². The number of nitrogens with two attached hydrogens (primary N) is 1. The van der Waals surface area contributed by atoms with Crippen LogP contribution in [0.1, 0.15) is 24.2 Å². The molecule has 0 atom stereocenters. The number of nitrogens with zero attached hydrogens (tertiary/aromatic N) is 3. The van der Waals surface area contributed by atoms with Crippen LogP contribution in [0, 0.1) is 6.92 Å². The van der Waals surface area contributed by atoms with E-state index in [2.05, 4.69) is 21.9 Å². The molecule has 0 radical (unpaired) electrons. The Morgan fingerprint density at radius 1 is 1.57 bits per heavy atom. The third-order valence-corrected chi connectivity index (χ3v) is 2.61. The molecule has 1 aliphatic carbocycles. The third kappa shape index (κ3) is 1.70. The van der Waals surface area contributed by atoms with E-state index in [0.717, 1.165) is 17.2 Å². The third-order valence-electron chi connectivity index (χ3n) is 2.61. The molecule has 2 N–H and O–H groups in total. The van der Waals surface area contributed by atoms with Crippen molar-refractivity contribution >= 4 is 5.82 Å². The van der Waals surface area contributed by atoms with Gasteiger partial charge in [-0.25, -0.2) is 9.97 Å². The Morgan fingerprint density at radius 3 is 2.86 bits per heavy atom. The zero-order valence-electron chi connectivity index (χ0n) is 8.70. The topological polar surface area (TPSA) is 55.0 Å². The normalized spacial score (nSPS) is 15.6. The Labute approximate surface area is 84.2 Å². The quantitative estimate of drug-likeness (QED) is 0.771. The second-order valence-corrected chi connectivity index (χ2v) is 3.81. The zero-order valence-corrected chi connectivity index (χ0v) is 8.70. The molecule has 76 valence electrons. The molecule has 1 aromatic rings. The van der Waals surface area contributed by atoms with E-state index in [4.69, 9.17) is 5.73 Å². The van der Waals surface area contributed by atoms with E-state index < -0.39 is 0 Å². The average Bonchev–Trinajstić information content (AvgIpc) is 3.00. The Balaban J connectivity index is 2.32. The van der Waals surface area contributed by atoms with Crippen LogP contribution in [0.15, 0.2) is 6.20 Å². The van der Waals surface area contributed by atoms with Gasteiger partial charge >= 0.3 is 0 Å². The Kier molecular flexibility index (Phi) is 2.37. The molecular formula is C10H16N4. The molecule has 0 aliphatic heterocycles. The first kappa shape index (κ1) is 9.40. The van der Waals surface area contributed by atoms with Crippen LogP contribution in [0.5, 0.6) is 0 Å². The van der Waals surface area contributed by atoms with Crippen LogP contribution in [-0.4, -0.2) is 23.1 Å². The van der Waals surface area contributed by atoms with Crippen molar-refractivity contribution in [3.63, 3.8) is 0 Å². The van der Waals surface area contributed by atoms with Crippen molar-refractivity contribution in [2.45, 2.75) is 32.4 Å². The van der Waals surface area contributed by atoms with E-state index in [9.17, 15) is 0 Å². The predicted octanol–water partition coefficient (Wildman–Crippen LogP) is 0.842. The molecule has 0 amide bonds. The zero-order chi connectivity index (χ0) is 10.1. The van der Waals surface area contributed by atoms with Crippen LogP contribution in [-0.2, 0) is 6.54 Å². The lowest BCUT2D eigenvalue weighted by Gasteiger charge is -2.20. The van der Waals surface area contributed by atoms with Crippen LogP contribution >= 0.6 is 0 Å². The van der Waals surface area contributed by atoms with Crippen molar-refractivity contribution < 1.29 is 0 Å². The molecule has 4 nitrogen and oxygen atoms in total. The Bertz CT molecular complexity index is 333. The summed E-state index contributed by atoms with van der Waals surface area (Å²) in [4.78, 5) is 10.8. The number of hydrogen-bond acceptors (Lipinski definition) is 4. The van der Waals surface area contributed by atoms with Crippen molar-refractivity contribution in [2.24, 2.45) is 5.73 Å². The van der Waals surface area contributed by atoms with Gasteiger partial charge in [0.2, 0.25) is 0 Å². The van der Waals surface area contributed by atoms with Crippen LogP contribution in [0.4, 0.5) is 5.82 Å². The molecule has 2 rings (SSSR count). The molecule has 1 aromatic heterocycles. The van der Waals surface area contributed by atoms with E-state index in [0.29, 0.717) is 12.6 Å². The van der Waals surface area contributed by atoms with Crippen LogP contribution in [0.2, 0.25) is 0 Å². The highest BCUT2D eigenvalue weighted by Crippen LogP contribution is 2.30. The molecule has 4 heteroatoms. The van der Waals surface area contributed by atoms with Gasteiger partial charge in [0, 0.05) is 31.4 Å². The fourth-order valence-electron chi connectivity index (χ4n) is 1.57. The number of rotatable bonds is 3. The molecule has 0 spiro atoms. The van der Waals surface area contributed by atoms with Crippen LogP contribution in [0.25, 0.3) is 0 Å². The minimum absolute atomic E-state index is 0.507. The van der Waals surface area contributed by atoms with Gasteiger partial charge in [-0.1, -0.05) is 0 Å². The molecule has 14 heavy (non-hydrogen) atoms. The number of anilines is 1. The van der Waals surface area contributed by atoms with Crippen LogP contribution < -0.4 is 10.6 Å². The highest BCUT2D eigenvalue weighted by Gasteiger charge is 2.28. The summed E-state index contributed by atoms with van der Waals surface area (Å²) >= 11 is 0. The van der Waals surface area contributed by atoms with Crippen molar-refractivity contribution in [2.75, 3.05) is 11.9 Å². The molecule has 0 bridgehead atoms. The van der Waals surface area contributed by atoms with Gasteiger partial charge in [-0.2, -0.15) is 0 Å². The summed E-state index contributed by atoms with van der Waals surface area (Å²) in [7, 11) is 2.08. The summed E-state index contributed by atoms with van der Waals surface area (Å²) in [5.41, 5.74) is 6.68. The monoisotopic (exact) mass is 192 g/mol. The lowest BCUT2D eigenvalue weighted by molar-refractivity contribution is 0.848. The minimum Gasteiger partial charge on any atom is -0.356 e. The van der Waals surface area contributed by atoms with E-state index in [1.54, 1.807) is 0 Å². The Morgan fingerprint density at radius 2 is 2.29 bits per heavy atom. The summed E-state index contributed by atoms with van der Waals surface area (Å²) in [5.74, 6) is 1.81. The fourth-order valence-corrected chi connectivity index (χ4v) is 1.57. The van der Waals surface area contributed by atoms with Gasteiger partial charge in [0.15, 0.2) is 0 Å². The predicted molar refractivity (Wildman–Crippen MR) is 56.1 cm³/mol. The minimum atomic E-state index is 0.507. The summed E-state index contributed by atoms with van der Waals surface area (Å²) in [6, 6.07) is 0.662. The maximum absolute atomic E-state index is 5.65. The standard InChI is InChI=1S/C10H16N4/c1-7-12-6-8(5-11)10(13-7)14(2)9-3-4-9/h6,9H,3-5,11H2,1-2H3. The highest BCUT2D eigenvalue weighted by atomic mass is 15.2. The molecule has 0 unspecified atom stereocenters. The van der Waals surface area contributed by atoms with Crippen LogP contribution in [0.3, 0.4) is 0 Å². The summed E-state index contributed by atoms with van der Waals surface area (Å²) in [5, 5.41) is 0. The lowest BCUT2D eigenvalue weighted by Crippen LogP contribution is -2.23. The molecule has 1 fully saturated rings. The van der Waals surface area contributed by atoms with Gasteiger partial charge < -0.3 is 10.6 Å². The smallest absolute Gasteiger partial charge is 0.136 e. The fraction of sp³-hybridized carbons (Fsp3) is 0.600. The lowest BCUT2D eigenvalue weighted by atomic mass is 10.3. The van der Waals surface area contributed by atoms with E-state index in [1.165, 1.54) is 12.8 Å². The van der Waals surface area contributed by atoms with Crippen molar-refractivity contribution in [3.05, 3.63) is 17.6 Å². The molecule has 1 saturated carbocycles. The molecule has 0 saturated heterocycles. The number of aromatic nitrogens is 2. The molecule has 1 heterocycles. The second kappa shape index (κ2) is 3.53. The van der Waals surface area contributed by atoms with E-state index in [1.807, 2.05) is 13.1 Å². The first-order valence-corrected chi connectivity index (χ1v) is 4.98. The van der Waals surface area contributed by atoms with Crippen molar-refractivity contribution in [3.8, 4) is 0 Å². The van der Waals surface area contributed by atoms with Gasteiger partial charge in [-0.15, -0.1) is 0 Å². The largest absolute Gasteiger partial charge is 0.356 e. The summed E-state index contributed by atoms with van der Waals surface area (Å²) in [6.45, 7) is 2.41. The SMILES string of the molecule is Cc1ncc(CN)c(N(C)C2CC2)n1. The van der Waals surface area contributed by atoms with Crippen molar-refractivity contribution in [1.29, 1.82) is 0 Å². The van der Waals surface area contributed by atoms with E-state index >= 15 is 0 Å². The summed E-state index contributed by atoms with van der Waals surface area (Å²) < 4.78 is 0. The van der Waals surface area contributed by atoms with Gasteiger partial charge in [0.25, 0.3) is 0 Å². The van der Waals surface area contributed by atoms with Gasteiger partial charge in [0.1, 0.15) is 11.6 Å². The second-order valence-electron chi connectivity index (χ2n) is 3.81. The first-order chi connectivity index (χ1) is 6.72. The molecule has 1 aliphatic rings. The molecule has 0 aromatic carbocycles. The van der Waals surface area contributed by atoms with Gasteiger partial charge in [0.05, 0.1) is 0 Å². The molecular weight excluding hydrogens is 176 g/mol. The maximum atomic E-state index is 5.65. The number of aryl methyl sites for hydroxylation is 1. The average molecular weight is 192 g/mol. The van der Waals surface area contributed by atoms with E-state index in [-0.39, 0.29) is 0 Å². The summed E-state index contributed by atoms with van der Waals surface area (Å²) in [6.07, 6.45) is 4.36. The van der Waals surface area contributed by atoms with Gasteiger partial charge in [-0.05, 0) is 19.8 Å². The number of hydrogen-bond donors (Lipinski definition) is 1. The first-order valence-electron chi connectivity index (χ1n) is 4.98. The van der Waals surface area contributed by atoms with Gasteiger partial charge in [-0.3, -0.25) is 0 Å². The maximum Gasteiger partial charge on any atom is 0.136 e. The Hall–Kier alpha value is -1.16. The highest BCUT2D eigenvalue weighted by molar-refractivity contribution is 5.47.